The second-order valence-electron chi connectivity index (χ2n) is 19.5. The fourth-order valence-electron chi connectivity index (χ4n) is 10.5. The lowest BCUT2D eigenvalue weighted by Crippen LogP contribution is -2.43. The molecule has 0 saturated carbocycles. The quantitative estimate of drug-likeness (QED) is 0.128. The smallest absolute Gasteiger partial charge is 0.418 e. The maximum Gasteiger partial charge on any atom is 0.418 e. The summed E-state index contributed by atoms with van der Waals surface area (Å²) in [5.41, 5.74) is 2.22. The minimum atomic E-state index is -4.65. The van der Waals surface area contributed by atoms with Crippen molar-refractivity contribution in [3.05, 3.63) is 93.8 Å². The number of hydrogen-bond donors (Lipinski definition) is 0. The molecule has 5 heterocycles. The third-order valence-corrected chi connectivity index (χ3v) is 13.9. The van der Waals surface area contributed by atoms with Crippen molar-refractivity contribution >= 4 is 17.7 Å². The van der Waals surface area contributed by atoms with Crippen LogP contribution in [-0.4, -0.2) is 102 Å². The van der Waals surface area contributed by atoms with Crippen LogP contribution >= 0.6 is 0 Å². The molecule has 15 heteroatoms. The molecule has 4 aromatic rings. The number of likely N-dealkylation sites (tertiary alicyclic amines) is 1. The first-order valence-corrected chi connectivity index (χ1v) is 23.0. The van der Waals surface area contributed by atoms with Crippen molar-refractivity contribution in [3.63, 3.8) is 0 Å². The molecular weight excluding hydrogens is 836 g/mol. The zero-order chi connectivity index (χ0) is 46.3. The summed E-state index contributed by atoms with van der Waals surface area (Å²) in [6.07, 6.45) is 0.670. The highest BCUT2D eigenvalue weighted by Crippen LogP contribution is 2.46. The van der Waals surface area contributed by atoms with Crippen molar-refractivity contribution < 1.29 is 36.9 Å². The molecule has 0 bridgehead atoms. The molecule has 0 N–H and O–H groups in total. The van der Waals surface area contributed by atoms with Crippen LogP contribution in [0.2, 0.25) is 0 Å². The predicted octanol–water partition coefficient (Wildman–Crippen LogP) is 9.39. The number of carbonyl (C=O) groups excluding carboxylic acids is 1. The minimum absolute atomic E-state index is 0.0198. The molecule has 1 amide bonds. The first kappa shape index (κ1) is 46.2. The molecule has 3 aliphatic heterocycles. The van der Waals surface area contributed by atoms with Gasteiger partial charge in [0.05, 0.1) is 36.7 Å². The predicted molar refractivity (Wildman–Crippen MR) is 244 cm³/mol. The summed E-state index contributed by atoms with van der Waals surface area (Å²) in [5, 5.41) is 0. The molecule has 1 aliphatic carbocycles. The number of rotatable bonds is 13. The zero-order valence-corrected chi connectivity index (χ0v) is 39.1. The van der Waals surface area contributed by atoms with Crippen LogP contribution in [0, 0.1) is 12.8 Å². The van der Waals surface area contributed by atoms with Gasteiger partial charge >= 0.3 is 18.3 Å². The number of ether oxygens (including phenoxy) is 4. The molecular formula is C50H64F3N7O5. The van der Waals surface area contributed by atoms with Crippen LogP contribution < -0.4 is 24.0 Å². The number of aryl methyl sites for hydroxylation is 1. The Bertz CT molecular complexity index is 2260. The lowest BCUT2D eigenvalue weighted by molar-refractivity contribution is -0.139. The van der Waals surface area contributed by atoms with Crippen molar-refractivity contribution in [2.24, 2.45) is 5.92 Å². The number of alkyl halides is 3. The molecule has 12 nitrogen and oxygen atoms in total. The van der Waals surface area contributed by atoms with Gasteiger partial charge in [-0.25, -0.2) is 9.78 Å². The van der Waals surface area contributed by atoms with Gasteiger partial charge < -0.3 is 33.6 Å². The third-order valence-electron chi connectivity index (χ3n) is 13.9. The Hall–Kier alpha value is -5.31. The number of carbonyl (C=O) groups is 1. The molecule has 2 aromatic carbocycles. The van der Waals surface area contributed by atoms with E-state index in [2.05, 4.69) is 9.80 Å². The molecule has 8 rings (SSSR count). The maximum atomic E-state index is 15.4. The molecule has 3 saturated heterocycles. The summed E-state index contributed by atoms with van der Waals surface area (Å²) in [6, 6.07) is 17.1. The van der Waals surface area contributed by atoms with E-state index in [1.165, 1.54) is 6.92 Å². The molecule has 350 valence electrons. The Morgan fingerprint density at radius 1 is 0.877 bits per heavy atom. The highest BCUT2D eigenvalue weighted by atomic mass is 19.4. The number of likely N-dealkylation sites (N-methyl/N-ethyl adjacent to an activating group) is 1. The van der Waals surface area contributed by atoms with Gasteiger partial charge in [0.25, 0.3) is 0 Å². The van der Waals surface area contributed by atoms with E-state index in [1.54, 1.807) is 25.2 Å². The van der Waals surface area contributed by atoms with Crippen molar-refractivity contribution in [2.75, 3.05) is 63.9 Å². The van der Waals surface area contributed by atoms with Crippen molar-refractivity contribution in [3.8, 4) is 17.5 Å². The van der Waals surface area contributed by atoms with E-state index in [1.807, 2.05) is 88.2 Å². The van der Waals surface area contributed by atoms with E-state index in [0.717, 1.165) is 55.5 Å². The van der Waals surface area contributed by atoms with E-state index in [-0.39, 0.29) is 47.3 Å². The van der Waals surface area contributed by atoms with Crippen molar-refractivity contribution in [1.82, 2.24) is 24.8 Å². The molecule has 3 fully saturated rings. The minimum Gasteiger partial charge on any atom is -0.497 e. The SMILES string of the molecule is COc1ccc(CN(Cc2ccc(OC)cc2)c2cc(C)c(C(F)(F)F)c([C@H]3Cc4nc(OCC56CCCN5CCC6)nc(N(C)[C@@H]5CCN(C(=O)OC(C)(C)C)C5)c4C[C@@H]3C)n2)cc1. The Morgan fingerprint density at radius 2 is 1.49 bits per heavy atom. The Labute approximate surface area is 381 Å². The Morgan fingerprint density at radius 3 is 2.06 bits per heavy atom. The van der Waals surface area contributed by atoms with Gasteiger partial charge in [0, 0.05) is 50.7 Å². The number of aromatic nitrogens is 3. The Balaban J connectivity index is 1.17. The summed E-state index contributed by atoms with van der Waals surface area (Å²) in [6.45, 7) is 13.4. The van der Waals surface area contributed by atoms with E-state index in [4.69, 9.17) is 33.9 Å². The monoisotopic (exact) mass is 899 g/mol. The number of fused-ring (bicyclic) bond motifs is 2. The van der Waals surface area contributed by atoms with Crippen LogP contribution in [0.4, 0.5) is 29.6 Å². The Kier molecular flexibility index (Phi) is 13.2. The van der Waals surface area contributed by atoms with E-state index >= 15 is 13.2 Å². The lowest BCUT2D eigenvalue weighted by Gasteiger charge is -2.36. The third kappa shape index (κ3) is 10.1. The van der Waals surface area contributed by atoms with Crippen molar-refractivity contribution in [2.45, 2.75) is 122 Å². The second kappa shape index (κ2) is 18.5. The average Bonchev–Trinajstić information content (AvgIpc) is 4.02. The van der Waals surface area contributed by atoms with Crippen molar-refractivity contribution in [1.29, 1.82) is 0 Å². The molecule has 3 atom stereocenters. The van der Waals surface area contributed by atoms with E-state index in [9.17, 15) is 4.79 Å². The van der Waals surface area contributed by atoms with Gasteiger partial charge in [-0.3, -0.25) is 4.90 Å². The van der Waals surface area contributed by atoms with Gasteiger partial charge in [0.2, 0.25) is 0 Å². The number of amides is 1. The van der Waals surface area contributed by atoms with Gasteiger partial charge in [-0.2, -0.15) is 23.1 Å². The number of methoxy groups -OCH3 is 2. The molecule has 2 aromatic heterocycles. The zero-order valence-electron chi connectivity index (χ0n) is 39.1. The van der Waals surface area contributed by atoms with Gasteiger partial charge in [0.1, 0.15) is 35.3 Å². The van der Waals surface area contributed by atoms with Gasteiger partial charge in [0.15, 0.2) is 0 Å². The maximum absolute atomic E-state index is 15.4. The van der Waals surface area contributed by atoms with E-state index < -0.39 is 23.3 Å². The molecule has 0 radical (unpaired) electrons. The number of anilines is 2. The van der Waals surface area contributed by atoms with Crippen LogP contribution in [-0.2, 0) is 36.8 Å². The number of nitrogens with zero attached hydrogens (tertiary/aromatic N) is 7. The normalized spacial score (nSPS) is 20.6. The fourth-order valence-corrected chi connectivity index (χ4v) is 10.5. The molecule has 0 unspecified atom stereocenters. The number of halogens is 3. The average molecular weight is 900 g/mol. The highest BCUT2D eigenvalue weighted by molar-refractivity contribution is 5.69. The van der Waals surface area contributed by atoms with Gasteiger partial charge in [-0.15, -0.1) is 0 Å². The molecule has 4 aliphatic rings. The second-order valence-corrected chi connectivity index (χ2v) is 19.5. The van der Waals surface area contributed by atoms with E-state index in [0.29, 0.717) is 74.5 Å². The van der Waals surface area contributed by atoms with Crippen LogP contribution in [0.3, 0.4) is 0 Å². The molecule has 65 heavy (non-hydrogen) atoms. The van der Waals surface area contributed by atoms with Crippen LogP contribution in [0.25, 0.3) is 0 Å². The lowest BCUT2D eigenvalue weighted by atomic mass is 9.75. The van der Waals surface area contributed by atoms with Crippen LogP contribution in [0.1, 0.15) is 105 Å². The summed E-state index contributed by atoms with van der Waals surface area (Å²) >= 11 is 0. The number of hydrogen-bond acceptors (Lipinski definition) is 11. The first-order valence-electron chi connectivity index (χ1n) is 23.0. The summed E-state index contributed by atoms with van der Waals surface area (Å²) in [4.78, 5) is 36.7. The van der Waals surface area contributed by atoms with Crippen LogP contribution in [0.5, 0.6) is 17.5 Å². The summed E-state index contributed by atoms with van der Waals surface area (Å²) < 4.78 is 69.4. The standard InChI is InChI=1S/C50H64F3N7O5/c1-32-25-40-41(54-46(64-31-49-20-9-22-60(49)23-10-21-49)56-45(40)57(6)36-19-24-58(30-36)47(61)65-48(3,4)5)27-39(32)44-43(50(51,52)53)33(2)26-42(55-44)59(28-34-11-15-37(62-7)16-12-34)29-35-13-17-38(63-8)18-14-35/h11-18,26,32,36,39H,9-10,19-25,27-31H2,1-8H3/t32-,36+,39-/m0/s1. The van der Waals surface area contributed by atoms with Gasteiger partial charge in [-0.1, -0.05) is 31.2 Å². The topological polar surface area (TPSA) is 106 Å². The number of benzene rings is 2. The molecule has 0 spiro atoms. The van der Waals surface area contributed by atoms with Gasteiger partial charge in [-0.05, 0) is 139 Å². The first-order chi connectivity index (χ1) is 30.9. The van der Waals surface area contributed by atoms with Crippen LogP contribution in [0.15, 0.2) is 54.6 Å². The fraction of sp³-hybridized carbons (Fsp3) is 0.560. The summed E-state index contributed by atoms with van der Waals surface area (Å²) in [5.74, 6) is 1.70. The summed E-state index contributed by atoms with van der Waals surface area (Å²) in [7, 11) is 5.21. The largest absolute Gasteiger partial charge is 0.497 e. The highest BCUT2D eigenvalue weighted by Gasteiger charge is 2.46. The number of pyridine rings is 1.